The number of aromatic nitrogens is 4. The van der Waals surface area contributed by atoms with Gasteiger partial charge in [-0.1, -0.05) is 25.1 Å². The van der Waals surface area contributed by atoms with Crippen molar-refractivity contribution in [2.75, 3.05) is 11.5 Å². The molecule has 1 N–H and O–H groups in total. The Bertz CT molecular complexity index is 1190. The van der Waals surface area contributed by atoms with Gasteiger partial charge in [0.25, 0.3) is 0 Å². The first-order valence-corrected chi connectivity index (χ1v) is 12.7. The van der Waals surface area contributed by atoms with Crippen molar-refractivity contribution in [1.29, 1.82) is 0 Å². The molecule has 0 atom stereocenters. The van der Waals surface area contributed by atoms with Crippen LogP contribution in [0.5, 0.6) is 0 Å². The number of carbonyl (C=O) groups excluding carboxylic acids is 2. The van der Waals surface area contributed by atoms with Gasteiger partial charge in [0.05, 0.1) is 18.0 Å². The van der Waals surface area contributed by atoms with Crippen LogP contribution in [0.3, 0.4) is 0 Å². The number of nitrogens with one attached hydrogen (secondary N) is 1. The Morgan fingerprint density at radius 1 is 1.14 bits per heavy atom. The fourth-order valence-corrected chi connectivity index (χ4v) is 4.62. The fourth-order valence-electron chi connectivity index (χ4n) is 4.62. The first kappa shape index (κ1) is 25.4. The Balaban J connectivity index is 1.65. The molecule has 1 amide bonds. The van der Waals surface area contributed by atoms with Gasteiger partial charge in [0.2, 0.25) is 5.91 Å². The van der Waals surface area contributed by atoms with Crippen LogP contribution in [0.4, 0.5) is 5.82 Å². The van der Waals surface area contributed by atoms with Crippen molar-refractivity contribution in [1.82, 2.24) is 20.0 Å². The summed E-state index contributed by atoms with van der Waals surface area (Å²) in [6, 6.07) is 9.56. The number of H-pyrrole nitrogens is 1. The van der Waals surface area contributed by atoms with Crippen molar-refractivity contribution >= 4 is 29.8 Å². The molecule has 0 aliphatic heterocycles. The second-order valence-corrected chi connectivity index (χ2v) is 9.73. The molecule has 1 aromatic carbocycles. The number of carbonyl (C=O) groups is 2. The summed E-state index contributed by atoms with van der Waals surface area (Å²) in [5.41, 5.74) is 3.01. The number of esters is 1. The Morgan fingerprint density at radius 3 is 2.47 bits per heavy atom. The highest BCUT2D eigenvalue weighted by atomic mass is 16.5. The van der Waals surface area contributed by atoms with E-state index in [0.29, 0.717) is 17.3 Å². The number of amides is 1. The molecule has 1 aliphatic carbocycles. The lowest BCUT2D eigenvalue weighted by molar-refractivity contribution is -0.124. The van der Waals surface area contributed by atoms with E-state index >= 15 is 0 Å². The maximum absolute atomic E-state index is 13.6. The van der Waals surface area contributed by atoms with Crippen molar-refractivity contribution in [3.63, 3.8) is 0 Å². The second kappa shape index (κ2) is 11.4. The third kappa shape index (κ3) is 5.75. The number of hydrogen-bond donors (Lipinski definition) is 1. The first-order valence-electron chi connectivity index (χ1n) is 12.7. The molecule has 0 radical (unpaired) electrons. The van der Waals surface area contributed by atoms with E-state index in [1.165, 1.54) is 0 Å². The predicted octanol–water partition coefficient (Wildman–Crippen LogP) is 5.51. The van der Waals surface area contributed by atoms with Crippen molar-refractivity contribution in [2.45, 2.75) is 59.4 Å². The van der Waals surface area contributed by atoms with Gasteiger partial charge in [-0.25, -0.2) is 9.48 Å². The van der Waals surface area contributed by atoms with Crippen LogP contribution in [0.2, 0.25) is 0 Å². The molecule has 0 spiro atoms. The molecular weight excluding hydrogens is 454 g/mol. The molecule has 0 saturated heterocycles. The zero-order valence-corrected chi connectivity index (χ0v) is 21.5. The molecule has 1 saturated carbocycles. The monoisotopic (exact) mass is 489 g/mol. The van der Waals surface area contributed by atoms with Gasteiger partial charge in [0, 0.05) is 24.4 Å². The van der Waals surface area contributed by atoms with Crippen LogP contribution in [0.25, 0.3) is 17.8 Å². The molecule has 190 valence electrons. The summed E-state index contributed by atoms with van der Waals surface area (Å²) in [5.74, 6) is 0.508. The molecule has 36 heavy (non-hydrogen) atoms. The van der Waals surface area contributed by atoms with E-state index in [2.05, 4.69) is 17.1 Å². The molecule has 4 rings (SSSR count). The van der Waals surface area contributed by atoms with Crippen molar-refractivity contribution in [3.05, 3.63) is 59.5 Å². The smallest absolute Gasteiger partial charge is 0.343 e. The van der Waals surface area contributed by atoms with Gasteiger partial charge in [-0.15, -0.1) is 5.10 Å². The van der Waals surface area contributed by atoms with Gasteiger partial charge in [-0.2, -0.15) is 5.10 Å². The summed E-state index contributed by atoms with van der Waals surface area (Å²) >= 11 is 0. The van der Waals surface area contributed by atoms with Crippen molar-refractivity contribution in [3.8, 4) is 5.69 Å². The summed E-state index contributed by atoms with van der Waals surface area (Å²) in [7, 11) is 0. The highest BCUT2D eigenvalue weighted by molar-refractivity contribution is 6.02. The molecule has 3 aromatic rings. The van der Waals surface area contributed by atoms with Gasteiger partial charge in [-0.05, 0) is 82.2 Å². The number of aromatic amines is 1. The molecule has 2 heterocycles. The van der Waals surface area contributed by atoms with Gasteiger partial charge >= 0.3 is 5.97 Å². The third-order valence-electron chi connectivity index (χ3n) is 6.67. The van der Waals surface area contributed by atoms with Crippen LogP contribution >= 0.6 is 0 Å². The predicted molar refractivity (Wildman–Crippen MR) is 141 cm³/mol. The summed E-state index contributed by atoms with van der Waals surface area (Å²) in [6.07, 6.45) is 11.1. The van der Waals surface area contributed by atoms with Gasteiger partial charge in [-0.3, -0.25) is 14.8 Å². The lowest BCUT2D eigenvalue weighted by atomic mass is 9.82. The topological polar surface area (TPSA) is 93.1 Å². The summed E-state index contributed by atoms with van der Waals surface area (Å²) in [4.78, 5) is 28.2. The number of hydrogen-bond acceptors (Lipinski definition) is 5. The molecular formula is C28H35N5O3. The lowest BCUT2D eigenvalue weighted by Crippen LogP contribution is -2.43. The molecule has 0 bridgehead atoms. The van der Waals surface area contributed by atoms with E-state index < -0.39 is 5.97 Å². The Hall–Kier alpha value is -3.68. The molecule has 1 fully saturated rings. The minimum atomic E-state index is -0.478. The number of anilines is 1. The van der Waals surface area contributed by atoms with Gasteiger partial charge in [0.1, 0.15) is 5.56 Å². The van der Waals surface area contributed by atoms with Crippen molar-refractivity contribution in [2.24, 2.45) is 11.8 Å². The van der Waals surface area contributed by atoms with Crippen LogP contribution in [0.15, 0.2) is 42.7 Å². The third-order valence-corrected chi connectivity index (χ3v) is 6.67. The molecule has 0 unspecified atom stereocenters. The zero-order chi connectivity index (χ0) is 25.7. The Labute approximate surface area is 212 Å². The van der Waals surface area contributed by atoms with Crippen molar-refractivity contribution < 1.29 is 14.3 Å². The number of rotatable bonds is 8. The van der Waals surface area contributed by atoms with Crippen LogP contribution in [-0.2, 0) is 9.53 Å². The highest BCUT2D eigenvalue weighted by Gasteiger charge is 2.34. The quantitative estimate of drug-likeness (QED) is 0.421. The standard InChI is InChI=1S/C28H35N5O3/c1-5-36-28(35)25-18-32(24-14-9-21(10-15-24)8-13-23-16-17-29-30-23)31-26(25)33(19(2)3)27(34)22-11-6-20(4)7-12-22/h8-10,13-20,22H,5-7,11-12H2,1-4H3,(H,29,30)/b13-8+. The SMILES string of the molecule is CCOC(=O)c1cn(-c2ccc(/C=C/c3ccn[nH]3)cc2)nc1N(C(=O)C1CCC(C)CC1)C(C)C. The van der Waals surface area contributed by atoms with E-state index in [-0.39, 0.29) is 24.5 Å². The minimum Gasteiger partial charge on any atom is -0.462 e. The Morgan fingerprint density at radius 2 is 1.86 bits per heavy atom. The van der Waals surface area contributed by atoms with Crippen LogP contribution in [0.1, 0.15) is 75.0 Å². The van der Waals surface area contributed by atoms with Crippen LogP contribution < -0.4 is 4.90 Å². The van der Waals surface area contributed by atoms with Crippen LogP contribution in [0, 0.1) is 11.8 Å². The first-order chi connectivity index (χ1) is 17.4. The second-order valence-electron chi connectivity index (χ2n) is 9.73. The molecule has 8 nitrogen and oxygen atoms in total. The lowest BCUT2D eigenvalue weighted by Gasteiger charge is -2.32. The van der Waals surface area contributed by atoms with Gasteiger partial charge in [0.15, 0.2) is 5.82 Å². The minimum absolute atomic E-state index is 0.0343. The van der Waals surface area contributed by atoms with E-state index in [1.807, 2.05) is 56.3 Å². The largest absolute Gasteiger partial charge is 0.462 e. The number of ether oxygens (including phenoxy) is 1. The van der Waals surface area contributed by atoms with E-state index in [9.17, 15) is 9.59 Å². The van der Waals surface area contributed by atoms with Gasteiger partial charge < -0.3 is 4.74 Å². The number of nitrogens with zero attached hydrogens (tertiary/aromatic N) is 4. The average Bonchev–Trinajstić information content (AvgIpc) is 3.54. The number of benzene rings is 1. The highest BCUT2D eigenvalue weighted by Crippen LogP contribution is 2.33. The summed E-state index contributed by atoms with van der Waals surface area (Å²) in [5, 5.41) is 11.6. The molecule has 1 aliphatic rings. The average molecular weight is 490 g/mol. The molecule has 8 heteroatoms. The maximum atomic E-state index is 13.6. The Kier molecular flexibility index (Phi) is 8.03. The maximum Gasteiger partial charge on any atom is 0.343 e. The summed E-state index contributed by atoms with van der Waals surface area (Å²) < 4.78 is 6.97. The normalized spacial score (nSPS) is 18.0. The van der Waals surface area contributed by atoms with E-state index in [0.717, 1.165) is 42.6 Å². The van der Waals surface area contributed by atoms with E-state index in [4.69, 9.17) is 9.84 Å². The zero-order valence-electron chi connectivity index (χ0n) is 21.5. The van der Waals surface area contributed by atoms with E-state index in [1.54, 1.807) is 28.9 Å². The van der Waals surface area contributed by atoms with Crippen LogP contribution in [-0.4, -0.2) is 44.5 Å². The molecule has 2 aromatic heterocycles. The summed E-state index contributed by atoms with van der Waals surface area (Å²) in [6.45, 7) is 8.17. The fraction of sp³-hybridized carbons (Fsp3) is 0.429.